The number of carbonyl (C=O) groups is 2. The van der Waals surface area contributed by atoms with Crippen LogP contribution in [0.2, 0.25) is 0 Å². The number of H-pyrrole nitrogens is 1. The number of carbonyl (C=O) groups excluding carboxylic acids is 2. The molecule has 6 nitrogen and oxygen atoms in total. The fourth-order valence-corrected chi connectivity index (χ4v) is 3.24. The number of hydrogen-bond acceptors (Lipinski definition) is 3. The van der Waals surface area contributed by atoms with Gasteiger partial charge in [0, 0.05) is 30.1 Å². The molecule has 1 atom stereocenters. The van der Waals surface area contributed by atoms with Crippen LogP contribution in [0.5, 0.6) is 0 Å². The summed E-state index contributed by atoms with van der Waals surface area (Å²) in [5, 5.41) is 10.8. The highest BCUT2D eigenvalue weighted by atomic mass is 16.2. The maximum Gasteiger partial charge on any atom is 0.229 e. The van der Waals surface area contributed by atoms with Gasteiger partial charge in [-0.15, -0.1) is 0 Å². The molecule has 1 aliphatic carbocycles. The molecule has 1 aromatic heterocycles. The van der Waals surface area contributed by atoms with Gasteiger partial charge in [0.2, 0.25) is 11.8 Å². The van der Waals surface area contributed by atoms with Crippen LogP contribution in [0.25, 0.3) is 10.9 Å². The van der Waals surface area contributed by atoms with Gasteiger partial charge in [-0.1, -0.05) is 0 Å². The first-order valence-corrected chi connectivity index (χ1v) is 8.23. The zero-order valence-corrected chi connectivity index (χ0v) is 12.9. The lowest BCUT2D eigenvalue weighted by Crippen LogP contribution is -2.44. The van der Waals surface area contributed by atoms with E-state index in [9.17, 15) is 9.59 Å². The zero-order valence-electron chi connectivity index (χ0n) is 12.9. The Bertz CT molecular complexity index is 750. The monoisotopic (exact) mass is 312 g/mol. The fourth-order valence-electron chi connectivity index (χ4n) is 3.24. The van der Waals surface area contributed by atoms with E-state index in [0.717, 1.165) is 48.8 Å². The smallest absolute Gasteiger partial charge is 0.229 e. The van der Waals surface area contributed by atoms with Crippen LogP contribution in [0.1, 0.15) is 25.7 Å². The van der Waals surface area contributed by atoms with Gasteiger partial charge in [-0.05, 0) is 43.9 Å². The highest BCUT2D eigenvalue weighted by molar-refractivity contribution is 5.95. The highest BCUT2D eigenvalue weighted by Crippen LogP contribution is 2.32. The van der Waals surface area contributed by atoms with Gasteiger partial charge in [-0.3, -0.25) is 14.7 Å². The Morgan fingerprint density at radius 3 is 2.91 bits per heavy atom. The van der Waals surface area contributed by atoms with E-state index in [1.165, 1.54) is 0 Å². The maximum absolute atomic E-state index is 12.5. The minimum Gasteiger partial charge on any atom is -0.342 e. The number of hydrogen-bond donors (Lipinski definition) is 2. The van der Waals surface area contributed by atoms with Crippen molar-refractivity contribution in [1.82, 2.24) is 15.1 Å². The van der Waals surface area contributed by atoms with E-state index in [1.807, 2.05) is 23.1 Å². The molecule has 1 aliphatic heterocycles. The summed E-state index contributed by atoms with van der Waals surface area (Å²) in [5.74, 6) is 0.343. The molecule has 2 N–H and O–H groups in total. The second kappa shape index (κ2) is 5.68. The molecular weight excluding hydrogens is 292 g/mol. The van der Waals surface area contributed by atoms with Crippen LogP contribution in [-0.2, 0) is 9.59 Å². The van der Waals surface area contributed by atoms with Gasteiger partial charge in [0.25, 0.3) is 0 Å². The lowest BCUT2D eigenvalue weighted by molar-refractivity contribution is -0.135. The minimum atomic E-state index is -0.119. The first-order valence-electron chi connectivity index (χ1n) is 8.23. The van der Waals surface area contributed by atoms with Crippen LogP contribution >= 0.6 is 0 Å². The van der Waals surface area contributed by atoms with Crippen LogP contribution in [0.4, 0.5) is 5.69 Å². The summed E-state index contributed by atoms with van der Waals surface area (Å²) in [6, 6.07) is 5.68. The van der Waals surface area contributed by atoms with Crippen molar-refractivity contribution in [2.75, 3.05) is 18.4 Å². The van der Waals surface area contributed by atoms with Gasteiger partial charge in [0.15, 0.2) is 0 Å². The zero-order chi connectivity index (χ0) is 15.8. The quantitative estimate of drug-likeness (QED) is 0.911. The number of nitrogens with zero attached hydrogens (tertiary/aromatic N) is 2. The topological polar surface area (TPSA) is 78.1 Å². The maximum atomic E-state index is 12.5. The third-order valence-corrected chi connectivity index (χ3v) is 4.74. The first kappa shape index (κ1) is 14.2. The Balaban J connectivity index is 1.42. The van der Waals surface area contributed by atoms with Gasteiger partial charge in [0.05, 0.1) is 17.6 Å². The number of benzene rings is 1. The number of nitrogens with one attached hydrogen (secondary N) is 2. The van der Waals surface area contributed by atoms with Crippen molar-refractivity contribution < 1.29 is 9.59 Å². The summed E-state index contributed by atoms with van der Waals surface area (Å²) in [5.41, 5.74) is 1.72. The standard InChI is InChI=1S/C17H20N4O2/c22-16(19-14-5-6-15-13(8-14)9-18-20-15)12-2-1-7-21(10-12)17(23)11-3-4-11/h5-6,8-9,11-12H,1-4,7,10H2,(H,18,20)(H,19,22)/t12-/m1/s1. The molecule has 1 saturated carbocycles. The number of amides is 2. The van der Waals surface area contributed by atoms with Crippen molar-refractivity contribution in [3.05, 3.63) is 24.4 Å². The Morgan fingerprint density at radius 1 is 1.22 bits per heavy atom. The summed E-state index contributed by atoms with van der Waals surface area (Å²) in [4.78, 5) is 26.6. The third kappa shape index (κ3) is 2.93. The van der Waals surface area contributed by atoms with Crippen LogP contribution in [0, 0.1) is 11.8 Å². The first-order chi connectivity index (χ1) is 11.2. The molecule has 0 unspecified atom stereocenters. The summed E-state index contributed by atoms with van der Waals surface area (Å²) < 4.78 is 0. The summed E-state index contributed by atoms with van der Waals surface area (Å²) in [6.07, 6.45) is 5.50. The third-order valence-electron chi connectivity index (χ3n) is 4.74. The molecule has 6 heteroatoms. The second-order valence-electron chi connectivity index (χ2n) is 6.56. The van der Waals surface area contributed by atoms with Crippen molar-refractivity contribution in [2.24, 2.45) is 11.8 Å². The summed E-state index contributed by atoms with van der Waals surface area (Å²) in [7, 11) is 0. The predicted octanol–water partition coefficient (Wildman–Crippen LogP) is 2.15. The Labute approximate surface area is 134 Å². The van der Waals surface area contributed by atoms with Crippen LogP contribution in [-0.4, -0.2) is 40.0 Å². The van der Waals surface area contributed by atoms with E-state index in [0.29, 0.717) is 6.54 Å². The number of aromatic amines is 1. The Hall–Kier alpha value is -2.37. The van der Waals surface area contributed by atoms with Crippen molar-refractivity contribution in [1.29, 1.82) is 0 Å². The number of fused-ring (bicyclic) bond motifs is 1. The van der Waals surface area contributed by atoms with Crippen molar-refractivity contribution in [3.63, 3.8) is 0 Å². The van der Waals surface area contributed by atoms with E-state index < -0.39 is 0 Å². The molecular formula is C17H20N4O2. The Morgan fingerprint density at radius 2 is 2.09 bits per heavy atom. The van der Waals surface area contributed by atoms with Crippen LogP contribution in [0.3, 0.4) is 0 Å². The average molecular weight is 312 g/mol. The number of anilines is 1. The van der Waals surface area contributed by atoms with Gasteiger partial charge < -0.3 is 10.2 Å². The molecule has 2 amide bonds. The predicted molar refractivity (Wildman–Crippen MR) is 86.8 cm³/mol. The van der Waals surface area contributed by atoms with Crippen molar-refractivity contribution in [2.45, 2.75) is 25.7 Å². The normalized spacial score (nSPS) is 21.4. The van der Waals surface area contributed by atoms with Gasteiger partial charge in [-0.2, -0.15) is 5.10 Å². The lowest BCUT2D eigenvalue weighted by Gasteiger charge is -2.32. The van der Waals surface area contributed by atoms with E-state index in [-0.39, 0.29) is 23.7 Å². The molecule has 2 aliphatic rings. The van der Waals surface area contributed by atoms with Crippen LogP contribution in [0.15, 0.2) is 24.4 Å². The molecule has 0 spiro atoms. The molecule has 0 bridgehead atoms. The van der Waals surface area contributed by atoms with E-state index in [2.05, 4.69) is 15.5 Å². The van der Waals surface area contributed by atoms with E-state index in [4.69, 9.17) is 0 Å². The molecule has 2 aromatic rings. The molecule has 1 aromatic carbocycles. The largest absolute Gasteiger partial charge is 0.342 e. The number of rotatable bonds is 3. The Kier molecular flexibility index (Phi) is 3.52. The molecule has 4 rings (SSSR count). The molecule has 2 heterocycles. The molecule has 0 radical (unpaired) electrons. The molecule has 23 heavy (non-hydrogen) atoms. The lowest BCUT2D eigenvalue weighted by atomic mass is 9.96. The fraction of sp³-hybridized carbons (Fsp3) is 0.471. The molecule has 1 saturated heterocycles. The minimum absolute atomic E-state index is 0.00106. The number of piperidine rings is 1. The number of aromatic nitrogens is 2. The van der Waals surface area contributed by atoms with Crippen LogP contribution < -0.4 is 5.32 Å². The summed E-state index contributed by atoms with van der Waals surface area (Å²) >= 11 is 0. The van der Waals surface area contributed by atoms with E-state index >= 15 is 0 Å². The highest BCUT2D eigenvalue weighted by Gasteiger charge is 2.36. The number of likely N-dealkylation sites (tertiary alicyclic amines) is 1. The SMILES string of the molecule is O=C(Nc1ccc2[nH]ncc2c1)[C@@H]1CCCN(C(=O)C2CC2)C1. The average Bonchev–Trinajstić information content (AvgIpc) is 3.32. The van der Waals surface area contributed by atoms with Gasteiger partial charge in [-0.25, -0.2) is 0 Å². The van der Waals surface area contributed by atoms with Crippen molar-refractivity contribution >= 4 is 28.4 Å². The van der Waals surface area contributed by atoms with Gasteiger partial charge in [0.1, 0.15) is 0 Å². The summed E-state index contributed by atoms with van der Waals surface area (Å²) in [6.45, 7) is 1.34. The second-order valence-corrected chi connectivity index (χ2v) is 6.56. The van der Waals surface area contributed by atoms with E-state index in [1.54, 1.807) is 6.20 Å². The van der Waals surface area contributed by atoms with Gasteiger partial charge >= 0.3 is 0 Å². The molecule has 2 fully saturated rings. The van der Waals surface area contributed by atoms with Crippen molar-refractivity contribution in [3.8, 4) is 0 Å². The molecule has 120 valence electrons.